The van der Waals surface area contributed by atoms with Crippen LogP contribution in [-0.2, 0) is 0 Å². The molecule has 0 spiro atoms. The number of hydrogen-bond acceptors (Lipinski definition) is 0. The van der Waals surface area contributed by atoms with Crippen molar-refractivity contribution >= 4 is 72.8 Å². The molecule has 0 amide bonds. The van der Waals surface area contributed by atoms with Crippen LogP contribution in [-0.4, -0.2) is 3.13 Å². The Hall–Kier alpha value is 2.96. The van der Waals surface area contributed by atoms with E-state index in [0.29, 0.717) is 0 Å². The summed E-state index contributed by atoms with van der Waals surface area (Å²) in [6, 6.07) is 0. The molecule has 40 valence electrons. The predicted molar refractivity (Wildman–Crippen MR) is 50.4 cm³/mol. The van der Waals surface area contributed by atoms with Crippen molar-refractivity contribution in [2.24, 2.45) is 0 Å². The Bertz CT molecular complexity index is 37.1. The maximum atomic E-state index is 3.32. The normalized spacial score (nSPS) is 19.2. The first-order valence-corrected chi connectivity index (χ1v) is 22.8. The zero-order valence-electron chi connectivity index (χ0n) is 2.34. The van der Waals surface area contributed by atoms with Crippen LogP contribution in [0.25, 0.3) is 0 Å². The van der Waals surface area contributed by atoms with Gasteiger partial charge in [-0.05, 0) is 0 Å². The summed E-state index contributed by atoms with van der Waals surface area (Å²) in [7, 11) is 0. The van der Waals surface area contributed by atoms with E-state index in [-0.39, 0.29) is 0 Å². The van der Waals surface area contributed by atoms with Crippen molar-refractivity contribution in [3.05, 3.63) is 0 Å². The molecule has 0 bridgehead atoms. The second-order valence-electron chi connectivity index (χ2n) is 0.639. The fourth-order valence-corrected chi connectivity index (χ4v) is 0. The molecule has 0 rings (SSSR count). The van der Waals surface area contributed by atoms with E-state index in [1.165, 1.54) is 0 Å². The van der Waals surface area contributed by atoms with Gasteiger partial charge in [0.05, 0.1) is 0 Å². The fourth-order valence-electron chi connectivity index (χ4n) is 0. The van der Waals surface area contributed by atoms with Crippen LogP contribution in [0.3, 0.4) is 0 Å². The first-order valence-electron chi connectivity index (χ1n) is 0.845. The van der Waals surface area contributed by atoms with Gasteiger partial charge < -0.3 is 0 Å². The summed E-state index contributed by atoms with van der Waals surface area (Å²) in [4.78, 5) is 0. The van der Waals surface area contributed by atoms with Crippen LogP contribution in [0.4, 0.5) is 0 Å². The first-order chi connectivity index (χ1) is 2.24. The first kappa shape index (κ1) is 8.96. The molecule has 0 saturated carbocycles. The monoisotopic (exact) mass is 470 g/mol. The molecule has 0 radical (unpaired) electrons. The molecule has 0 aromatic heterocycles. The van der Waals surface area contributed by atoms with Crippen LogP contribution in [0, 0.1) is 0 Å². The Morgan fingerprint density at radius 3 is 0.667 bits per heavy atom. The Balaban J connectivity index is 3.73. The third-order valence-corrected chi connectivity index (χ3v) is 0. The van der Waals surface area contributed by atoms with E-state index in [1.807, 2.05) is 0 Å². The third-order valence-electron chi connectivity index (χ3n) is 0. The van der Waals surface area contributed by atoms with E-state index >= 15 is 0 Å². The van der Waals surface area contributed by atoms with Gasteiger partial charge in [-0.2, -0.15) is 0 Å². The van der Waals surface area contributed by atoms with Gasteiger partial charge in [-0.1, -0.05) is 0 Å². The Morgan fingerprint density at radius 2 is 0.667 bits per heavy atom. The van der Waals surface area contributed by atoms with Gasteiger partial charge in [0.25, 0.3) is 0 Å². The number of halogens is 5. The van der Waals surface area contributed by atoms with Gasteiger partial charge in [-0.25, -0.2) is 0 Å². The molecule has 0 aliphatic carbocycles. The van der Waals surface area contributed by atoms with Gasteiger partial charge in [0.1, 0.15) is 0 Å². The molecule has 0 aliphatic heterocycles. The molecular formula is AsBr5. The van der Waals surface area contributed by atoms with Crippen molar-refractivity contribution < 1.29 is 0 Å². The van der Waals surface area contributed by atoms with Crippen LogP contribution < -0.4 is 0 Å². The quantitative estimate of drug-likeness (QED) is 0.468. The molecule has 0 aliphatic rings. The van der Waals surface area contributed by atoms with E-state index in [4.69, 9.17) is 0 Å². The second-order valence-corrected chi connectivity index (χ2v) is 89.6. The fraction of sp³-hybridized carbons (Fsp3) is 0. The van der Waals surface area contributed by atoms with Crippen LogP contribution >= 0.6 is 69.7 Å². The summed E-state index contributed by atoms with van der Waals surface area (Å²) in [6.45, 7) is 0. The minimum atomic E-state index is -2.42. The average molecular weight is 474 g/mol. The van der Waals surface area contributed by atoms with Crippen molar-refractivity contribution in [3.63, 3.8) is 0 Å². The van der Waals surface area contributed by atoms with E-state index in [2.05, 4.69) is 69.7 Å². The molecule has 0 heterocycles. The maximum absolute atomic E-state index is 3.32. The Morgan fingerprint density at radius 1 is 0.667 bits per heavy atom. The van der Waals surface area contributed by atoms with E-state index in [9.17, 15) is 0 Å². The molecule has 0 N–H and O–H groups in total. The minimum absolute atomic E-state index is 2.42. The van der Waals surface area contributed by atoms with Gasteiger partial charge in [0, 0.05) is 0 Å². The number of rotatable bonds is 0. The van der Waals surface area contributed by atoms with Crippen molar-refractivity contribution in [3.8, 4) is 0 Å². The summed E-state index contributed by atoms with van der Waals surface area (Å²) in [5.74, 6) is 0. The molecule has 6 heavy (non-hydrogen) atoms. The Kier molecular flexibility index (Phi) is 3.43. The van der Waals surface area contributed by atoms with Crippen LogP contribution in [0.5, 0.6) is 0 Å². The number of hydrogen-bond donors (Lipinski definition) is 0. The summed E-state index contributed by atoms with van der Waals surface area (Å²) in [5, 5.41) is 0. The zero-order valence-corrected chi connectivity index (χ0v) is 12.1. The molecule has 0 fully saturated rings. The molecule has 0 atom stereocenters. The van der Waals surface area contributed by atoms with Gasteiger partial charge in [0.15, 0.2) is 0 Å². The summed E-state index contributed by atoms with van der Waals surface area (Å²) < 4.78 is -2.42. The summed E-state index contributed by atoms with van der Waals surface area (Å²) in [6.07, 6.45) is 0. The van der Waals surface area contributed by atoms with Crippen molar-refractivity contribution in [1.29, 1.82) is 0 Å². The molecule has 0 saturated heterocycles. The second kappa shape index (κ2) is 2.29. The standard InChI is InChI=1S/AsBr5/c2-1(3,4,5)6. The molecule has 0 aromatic rings. The van der Waals surface area contributed by atoms with Gasteiger partial charge >= 0.3 is 72.8 Å². The zero-order chi connectivity index (χ0) is 5.45. The average Bonchev–Trinajstić information content (AvgIpc) is 0.650. The van der Waals surface area contributed by atoms with Crippen molar-refractivity contribution in [2.75, 3.05) is 0 Å². The molecular weight excluding hydrogens is 474 g/mol. The van der Waals surface area contributed by atoms with Gasteiger partial charge in [-0.3, -0.25) is 0 Å². The van der Waals surface area contributed by atoms with E-state index in [0.717, 1.165) is 0 Å². The molecule has 6 heteroatoms. The third kappa shape index (κ3) is 28.2. The van der Waals surface area contributed by atoms with Crippen LogP contribution in [0.2, 0.25) is 0 Å². The van der Waals surface area contributed by atoms with Gasteiger partial charge in [0.2, 0.25) is 0 Å². The van der Waals surface area contributed by atoms with E-state index in [1.54, 1.807) is 0 Å². The SMILES string of the molecule is Br[As](Br)(Br)(Br)Br. The van der Waals surface area contributed by atoms with Gasteiger partial charge in [-0.15, -0.1) is 0 Å². The summed E-state index contributed by atoms with van der Waals surface area (Å²) in [5.41, 5.74) is 0. The van der Waals surface area contributed by atoms with Crippen molar-refractivity contribution in [2.45, 2.75) is 0 Å². The topological polar surface area (TPSA) is 0 Å². The molecule has 0 unspecified atom stereocenters. The van der Waals surface area contributed by atoms with Crippen LogP contribution in [0.15, 0.2) is 0 Å². The summed E-state index contributed by atoms with van der Waals surface area (Å²) >= 11 is 16.6. The Labute approximate surface area is 71.3 Å². The van der Waals surface area contributed by atoms with Crippen molar-refractivity contribution in [1.82, 2.24) is 0 Å². The predicted octanol–water partition coefficient (Wildman–Crippen LogP) is 3.85. The molecule has 0 aromatic carbocycles. The van der Waals surface area contributed by atoms with E-state index < -0.39 is 3.13 Å². The molecule has 0 nitrogen and oxygen atoms in total. The van der Waals surface area contributed by atoms with Crippen LogP contribution in [0.1, 0.15) is 0 Å².